The molecule has 3 N–H and O–H groups in total. The maximum Gasteiger partial charge on any atom is 0.323 e. The quantitative estimate of drug-likeness (QED) is 0.330. The van der Waals surface area contributed by atoms with Crippen LogP contribution in [-0.2, 0) is 10.0 Å². The highest BCUT2D eigenvalue weighted by Gasteiger charge is 2.24. The van der Waals surface area contributed by atoms with Gasteiger partial charge >= 0.3 is 6.03 Å². The lowest BCUT2D eigenvalue weighted by Crippen LogP contribution is -2.25. The number of thiophene rings is 1. The van der Waals surface area contributed by atoms with E-state index >= 15 is 0 Å². The van der Waals surface area contributed by atoms with Crippen LogP contribution in [0.1, 0.15) is 13.8 Å². The van der Waals surface area contributed by atoms with Gasteiger partial charge in [0, 0.05) is 24.6 Å². The van der Waals surface area contributed by atoms with Gasteiger partial charge in [0.05, 0.1) is 16.3 Å². The van der Waals surface area contributed by atoms with Gasteiger partial charge in [0.2, 0.25) is 0 Å². The smallest absolute Gasteiger partial charge is 0.308 e. The van der Waals surface area contributed by atoms with Gasteiger partial charge in [-0.1, -0.05) is 32.0 Å². The molecule has 8 nitrogen and oxygen atoms in total. The number of nitrogens with zero attached hydrogens (tertiary/aromatic N) is 2. The number of nitrogens with one attached hydrogen (secondary N) is 3. The van der Waals surface area contributed by atoms with Crippen LogP contribution in [0, 0.1) is 0 Å². The van der Waals surface area contributed by atoms with E-state index < -0.39 is 10.0 Å². The molecule has 172 valence electrons. The highest BCUT2D eigenvalue weighted by atomic mass is 32.2. The third kappa shape index (κ3) is 5.79. The number of aromatic amines is 1. The lowest BCUT2D eigenvalue weighted by atomic mass is 10.3. The van der Waals surface area contributed by atoms with Crippen molar-refractivity contribution in [2.45, 2.75) is 18.1 Å². The number of carbonyl (C=O) groups is 1. The number of rotatable bonds is 6. The van der Waals surface area contributed by atoms with Crippen molar-refractivity contribution in [2.75, 3.05) is 22.0 Å². The summed E-state index contributed by atoms with van der Waals surface area (Å²) < 4.78 is 27.5. The summed E-state index contributed by atoms with van der Waals surface area (Å²) in [6.45, 7) is 4.00. The number of amides is 2. The van der Waals surface area contributed by atoms with Gasteiger partial charge in [-0.15, -0.1) is 11.3 Å². The van der Waals surface area contributed by atoms with E-state index in [1.807, 2.05) is 32.0 Å². The molecule has 0 radical (unpaired) electrons. The summed E-state index contributed by atoms with van der Waals surface area (Å²) >= 11 is 1.17. The van der Waals surface area contributed by atoms with Gasteiger partial charge in [0.1, 0.15) is 4.21 Å². The second kappa shape index (κ2) is 10.8. The van der Waals surface area contributed by atoms with Crippen LogP contribution in [0.4, 0.5) is 21.9 Å². The van der Waals surface area contributed by atoms with E-state index in [0.29, 0.717) is 17.1 Å². The van der Waals surface area contributed by atoms with Crippen LogP contribution in [-0.4, -0.2) is 31.7 Å². The van der Waals surface area contributed by atoms with E-state index in [1.54, 1.807) is 60.8 Å². The summed E-state index contributed by atoms with van der Waals surface area (Å²) in [4.78, 5) is 12.9. The molecule has 0 saturated carbocycles. The predicted octanol–water partition coefficient (Wildman–Crippen LogP) is 5.63. The zero-order valence-electron chi connectivity index (χ0n) is 18.4. The van der Waals surface area contributed by atoms with Crippen LogP contribution in [0.15, 0.2) is 83.2 Å². The van der Waals surface area contributed by atoms with Crippen molar-refractivity contribution in [1.29, 1.82) is 0 Å². The Morgan fingerprint density at radius 3 is 2.15 bits per heavy atom. The van der Waals surface area contributed by atoms with Crippen molar-refractivity contribution in [3.8, 4) is 10.6 Å². The molecule has 0 saturated heterocycles. The summed E-state index contributed by atoms with van der Waals surface area (Å²) in [7, 11) is -2.23. The van der Waals surface area contributed by atoms with E-state index in [4.69, 9.17) is 0 Å². The molecule has 2 heterocycles. The summed E-state index contributed by atoms with van der Waals surface area (Å²) in [6.07, 6.45) is 1.62. The van der Waals surface area contributed by atoms with Gasteiger partial charge in [-0.2, -0.15) is 5.10 Å². The molecular formula is C23H25N5O3S2. The summed E-state index contributed by atoms with van der Waals surface area (Å²) in [5.74, 6) is 0. The topological polar surface area (TPSA) is 107 Å². The van der Waals surface area contributed by atoms with Crippen molar-refractivity contribution >= 4 is 44.5 Å². The third-order valence-electron chi connectivity index (χ3n) is 4.48. The number of carbonyl (C=O) groups excluding carboxylic acids is 1. The van der Waals surface area contributed by atoms with Crippen molar-refractivity contribution < 1.29 is 13.2 Å². The molecule has 0 aliphatic rings. The number of para-hydroxylation sites is 1. The largest absolute Gasteiger partial charge is 0.323 e. The molecule has 4 rings (SSSR count). The Morgan fingerprint density at radius 1 is 0.909 bits per heavy atom. The van der Waals surface area contributed by atoms with Crippen LogP contribution in [0.3, 0.4) is 0 Å². The Morgan fingerprint density at radius 2 is 1.55 bits per heavy atom. The summed E-state index contributed by atoms with van der Waals surface area (Å²) in [5, 5.41) is 12.2. The molecule has 0 spiro atoms. The first-order chi connectivity index (χ1) is 15.9. The van der Waals surface area contributed by atoms with Gasteiger partial charge in [-0.25, -0.2) is 13.2 Å². The van der Waals surface area contributed by atoms with Gasteiger partial charge in [-0.3, -0.25) is 9.40 Å². The summed E-state index contributed by atoms with van der Waals surface area (Å²) in [5.41, 5.74) is 2.46. The monoisotopic (exact) mass is 483 g/mol. The normalized spacial score (nSPS) is 10.6. The SMILES string of the molecule is CC.CN(c1ccc(NC(=O)Nc2ccccc2)cc1)S(=O)(=O)c1ccc(-c2ccn[nH]2)s1. The Kier molecular flexibility index (Phi) is 7.86. The van der Waals surface area contributed by atoms with E-state index in [2.05, 4.69) is 20.8 Å². The molecule has 2 amide bonds. The number of H-pyrrole nitrogens is 1. The van der Waals surface area contributed by atoms with Crippen molar-refractivity contribution in [2.24, 2.45) is 0 Å². The molecule has 0 fully saturated rings. The van der Waals surface area contributed by atoms with Crippen LogP contribution in [0.2, 0.25) is 0 Å². The number of sulfonamides is 1. The fourth-order valence-corrected chi connectivity index (χ4v) is 5.49. The average molecular weight is 484 g/mol. The maximum absolute atomic E-state index is 13.0. The molecule has 0 aliphatic carbocycles. The second-order valence-corrected chi connectivity index (χ2v) is 9.83. The lowest BCUT2D eigenvalue weighted by Gasteiger charge is -2.19. The zero-order valence-corrected chi connectivity index (χ0v) is 20.1. The Bertz CT molecular complexity index is 1270. The maximum atomic E-state index is 13.0. The van der Waals surface area contributed by atoms with Crippen LogP contribution >= 0.6 is 11.3 Å². The van der Waals surface area contributed by atoms with Crippen molar-refractivity contribution in [3.05, 3.63) is 79.0 Å². The molecular weight excluding hydrogens is 458 g/mol. The summed E-state index contributed by atoms with van der Waals surface area (Å²) in [6, 6.07) is 20.4. The first-order valence-corrected chi connectivity index (χ1v) is 12.5. The van der Waals surface area contributed by atoms with Crippen LogP contribution in [0.25, 0.3) is 10.6 Å². The number of hydrogen-bond acceptors (Lipinski definition) is 5. The minimum absolute atomic E-state index is 0.226. The highest BCUT2D eigenvalue weighted by molar-refractivity contribution is 7.94. The average Bonchev–Trinajstić information content (AvgIpc) is 3.53. The molecule has 0 bridgehead atoms. The Labute approximate surface area is 197 Å². The van der Waals surface area contributed by atoms with Crippen molar-refractivity contribution in [3.63, 3.8) is 0 Å². The van der Waals surface area contributed by atoms with E-state index in [1.165, 1.54) is 22.7 Å². The molecule has 2 aromatic carbocycles. The van der Waals surface area contributed by atoms with Gasteiger partial charge in [0.25, 0.3) is 10.0 Å². The Balaban J connectivity index is 0.00000149. The number of aromatic nitrogens is 2. The molecule has 2 aromatic heterocycles. The van der Waals surface area contributed by atoms with Gasteiger partial charge in [-0.05, 0) is 54.6 Å². The molecule has 0 unspecified atom stereocenters. The molecule has 0 atom stereocenters. The number of hydrogen-bond donors (Lipinski definition) is 3. The number of urea groups is 1. The zero-order chi connectivity index (χ0) is 23.8. The third-order valence-corrected chi connectivity index (χ3v) is 7.85. The molecule has 10 heteroatoms. The lowest BCUT2D eigenvalue weighted by molar-refractivity contribution is 0.262. The number of anilines is 3. The van der Waals surface area contributed by atoms with E-state index in [-0.39, 0.29) is 10.2 Å². The minimum Gasteiger partial charge on any atom is -0.308 e. The molecule has 0 aliphatic heterocycles. The fraction of sp³-hybridized carbons (Fsp3) is 0.130. The van der Waals surface area contributed by atoms with Crippen LogP contribution < -0.4 is 14.9 Å². The van der Waals surface area contributed by atoms with Gasteiger partial charge < -0.3 is 10.6 Å². The predicted molar refractivity (Wildman–Crippen MR) is 134 cm³/mol. The molecule has 33 heavy (non-hydrogen) atoms. The standard InChI is InChI=1S/C21H19N5O3S2.C2H6/c1-26(31(28,29)20-12-11-19(30-20)18-13-14-22-25-18)17-9-7-16(8-10-17)24-21(27)23-15-5-3-2-4-6-15;1-2/h2-14H,1H3,(H,22,25)(H2,23,24,27);1-2H3. The van der Waals surface area contributed by atoms with Crippen LogP contribution in [0.5, 0.6) is 0 Å². The first-order valence-electron chi connectivity index (χ1n) is 10.2. The molecule has 4 aromatic rings. The van der Waals surface area contributed by atoms with E-state index in [9.17, 15) is 13.2 Å². The van der Waals surface area contributed by atoms with E-state index in [0.717, 1.165) is 10.6 Å². The fourth-order valence-electron chi connectivity index (χ4n) is 2.84. The number of benzene rings is 2. The van der Waals surface area contributed by atoms with Gasteiger partial charge in [0.15, 0.2) is 0 Å². The minimum atomic E-state index is -3.72. The second-order valence-electron chi connectivity index (χ2n) is 6.55. The Hall–Kier alpha value is -3.63. The van der Waals surface area contributed by atoms with Crippen molar-refractivity contribution in [1.82, 2.24) is 10.2 Å². The first kappa shape index (κ1) is 24.0. The highest BCUT2D eigenvalue weighted by Crippen LogP contribution is 2.32.